The molecule has 1 saturated heterocycles. The van der Waals surface area contributed by atoms with Crippen molar-refractivity contribution >= 4 is 41.2 Å². The number of rotatable bonds is 6. The monoisotopic (exact) mass is 669 g/mol. The third-order valence-corrected chi connectivity index (χ3v) is 7.86. The van der Waals surface area contributed by atoms with Gasteiger partial charge in [-0.2, -0.15) is 5.10 Å². The van der Waals surface area contributed by atoms with Crippen LogP contribution in [0.5, 0.6) is 11.5 Å². The molecule has 0 unspecified atom stereocenters. The number of carbonyl (C=O) groups excluding carboxylic acids is 2. The Morgan fingerprint density at radius 3 is 1.93 bits per heavy atom. The Morgan fingerprint density at radius 2 is 1.45 bits per heavy atom. The molecular formula is C31H37BBrN3O8. The van der Waals surface area contributed by atoms with Crippen LogP contribution in [-0.2, 0) is 18.8 Å². The molecule has 2 aliphatic rings. The molecule has 0 radical (unpaired) electrons. The maximum absolute atomic E-state index is 11.4. The third kappa shape index (κ3) is 8.37. The number of nitrogens with one attached hydrogen (secondary N) is 1. The molecule has 13 heteroatoms. The Labute approximate surface area is 266 Å². The lowest BCUT2D eigenvalue weighted by Crippen LogP contribution is -2.41. The summed E-state index contributed by atoms with van der Waals surface area (Å²) in [6, 6.07) is 10.2. The first-order valence-electron chi connectivity index (χ1n) is 13.6. The molecule has 1 N–H and O–H groups in total. The van der Waals surface area contributed by atoms with Crippen molar-refractivity contribution < 1.29 is 37.8 Å². The molecule has 2 aromatic carbocycles. The van der Waals surface area contributed by atoms with E-state index in [0.717, 1.165) is 27.6 Å². The molecule has 44 heavy (non-hydrogen) atoms. The summed E-state index contributed by atoms with van der Waals surface area (Å²) < 4.78 is 32.0. The Balaban J connectivity index is 0.000000182. The molecule has 0 atom stereocenters. The van der Waals surface area contributed by atoms with Gasteiger partial charge >= 0.3 is 19.1 Å². The standard InChI is InChI=1S/C12H12N2O3.C10H16BNO2.C9H9BrO3/c1-16-11-5-8(12(15)17-2)3-4-10(11)9-6-13-14-7-9;1-9(2)10(3,4)14-11(13-9)8-5-6-12-7-8;1-12-8-5-6(9(11)13-2)3-4-7(8)10/h3-7H,1-2H3,(H,13,14);5,7H,6H2,1-4H3;3-5H,1-2H3. The zero-order valence-electron chi connectivity index (χ0n) is 26.1. The average Bonchev–Trinajstić information content (AvgIpc) is 3.79. The molecule has 3 heterocycles. The molecular weight excluding hydrogens is 633 g/mol. The quantitative estimate of drug-likeness (QED) is 0.258. The number of methoxy groups -OCH3 is 4. The van der Waals surface area contributed by atoms with Crippen LogP contribution in [0, 0.1) is 0 Å². The minimum Gasteiger partial charge on any atom is -0.496 e. The first-order valence-corrected chi connectivity index (χ1v) is 14.4. The third-order valence-electron chi connectivity index (χ3n) is 7.20. The second-order valence-electron chi connectivity index (χ2n) is 10.5. The number of aliphatic imine (C=N–C) groups is 1. The number of ether oxygens (including phenoxy) is 4. The highest BCUT2D eigenvalue weighted by atomic mass is 79.9. The number of allylic oxidation sites excluding steroid dienone is 1. The highest BCUT2D eigenvalue weighted by molar-refractivity contribution is 9.10. The summed E-state index contributed by atoms with van der Waals surface area (Å²) in [5.41, 5.74) is 3.24. The lowest BCUT2D eigenvalue weighted by Gasteiger charge is -2.32. The predicted octanol–water partition coefficient (Wildman–Crippen LogP) is 5.74. The fourth-order valence-electron chi connectivity index (χ4n) is 3.98. The normalized spacial score (nSPS) is 15.7. The first-order chi connectivity index (χ1) is 20.9. The van der Waals surface area contributed by atoms with Gasteiger partial charge in [-0.25, -0.2) is 9.59 Å². The first kappa shape index (κ1) is 34.6. The molecule has 1 fully saturated rings. The van der Waals surface area contributed by atoms with E-state index in [2.05, 4.69) is 68.3 Å². The molecule has 0 bridgehead atoms. The SMILES string of the molecule is CC1(C)OB(C2=CCN=C2)OC1(C)C.COC(=O)c1ccc(-c2cn[nH]c2)c(OC)c1.COC(=O)c1ccc(Br)c(OC)c1. The Bertz CT molecular complexity index is 1490. The molecule has 234 valence electrons. The predicted molar refractivity (Wildman–Crippen MR) is 171 cm³/mol. The zero-order valence-corrected chi connectivity index (χ0v) is 27.7. The van der Waals surface area contributed by atoms with Gasteiger partial charge in [0.15, 0.2) is 0 Å². The van der Waals surface area contributed by atoms with Gasteiger partial charge in [0.2, 0.25) is 0 Å². The number of hydrogen-bond donors (Lipinski definition) is 1. The topological polar surface area (TPSA) is 131 Å². The van der Waals surface area contributed by atoms with Crippen LogP contribution in [0.15, 0.2) is 69.8 Å². The van der Waals surface area contributed by atoms with Crippen molar-refractivity contribution in [1.82, 2.24) is 10.2 Å². The summed E-state index contributed by atoms with van der Waals surface area (Å²) in [6.07, 6.45) is 7.33. The Kier molecular flexibility index (Phi) is 11.9. The number of esters is 2. The molecule has 0 amide bonds. The Morgan fingerprint density at radius 1 is 0.886 bits per heavy atom. The average molecular weight is 670 g/mol. The van der Waals surface area contributed by atoms with E-state index < -0.39 is 0 Å². The van der Waals surface area contributed by atoms with E-state index in [1.54, 1.807) is 63.0 Å². The molecule has 1 aromatic heterocycles. The lowest BCUT2D eigenvalue weighted by atomic mass is 9.79. The fraction of sp³-hybridized carbons (Fsp3) is 0.355. The second kappa shape index (κ2) is 15.2. The molecule has 0 saturated carbocycles. The minimum atomic E-state index is -0.387. The van der Waals surface area contributed by atoms with Crippen molar-refractivity contribution in [3.8, 4) is 22.6 Å². The van der Waals surface area contributed by atoms with Crippen molar-refractivity contribution in [1.29, 1.82) is 0 Å². The maximum atomic E-state index is 11.4. The van der Waals surface area contributed by atoms with E-state index >= 15 is 0 Å². The van der Waals surface area contributed by atoms with Crippen LogP contribution < -0.4 is 9.47 Å². The number of H-pyrrole nitrogens is 1. The smallest absolute Gasteiger partial charge is 0.496 e. The van der Waals surface area contributed by atoms with Crippen molar-refractivity contribution in [3.63, 3.8) is 0 Å². The van der Waals surface area contributed by atoms with Gasteiger partial charge < -0.3 is 28.3 Å². The molecule has 0 spiro atoms. The number of aromatic amines is 1. The molecule has 5 rings (SSSR count). The summed E-state index contributed by atoms with van der Waals surface area (Å²) in [4.78, 5) is 26.6. The van der Waals surface area contributed by atoms with Gasteiger partial charge in [0, 0.05) is 23.5 Å². The van der Waals surface area contributed by atoms with E-state index in [9.17, 15) is 9.59 Å². The number of nitrogens with zero attached hydrogens (tertiary/aromatic N) is 2. The van der Waals surface area contributed by atoms with Gasteiger partial charge in [0.25, 0.3) is 0 Å². The van der Waals surface area contributed by atoms with E-state index in [0.29, 0.717) is 22.6 Å². The molecule has 2 aliphatic heterocycles. The largest absolute Gasteiger partial charge is 0.496 e. The van der Waals surface area contributed by atoms with Gasteiger partial charge in [-0.1, -0.05) is 6.08 Å². The highest BCUT2D eigenvalue weighted by Gasteiger charge is 2.52. The van der Waals surface area contributed by atoms with Crippen molar-refractivity contribution in [2.24, 2.45) is 4.99 Å². The lowest BCUT2D eigenvalue weighted by molar-refractivity contribution is 0.00578. The van der Waals surface area contributed by atoms with Crippen LogP contribution in [-0.4, -0.2) is 81.7 Å². The zero-order chi connectivity index (χ0) is 32.5. The summed E-state index contributed by atoms with van der Waals surface area (Å²) in [5.74, 6) is 0.463. The van der Waals surface area contributed by atoms with Crippen LogP contribution in [0.25, 0.3) is 11.1 Å². The molecule has 11 nitrogen and oxygen atoms in total. The van der Waals surface area contributed by atoms with E-state index in [1.165, 1.54) is 14.2 Å². The number of benzene rings is 2. The maximum Gasteiger partial charge on any atom is 0.496 e. The van der Waals surface area contributed by atoms with Crippen LogP contribution in [0.4, 0.5) is 0 Å². The number of carbonyl (C=O) groups is 2. The Hall–Kier alpha value is -3.94. The molecule has 3 aromatic rings. The van der Waals surface area contributed by atoms with Gasteiger partial charge in [-0.15, -0.1) is 0 Å². The highest BCUT2D eigenvalue weighted by Crippen LogP contribution is 2.38. The van der Waals surface area contributed by atoms with Gasteiger partial charge in [0.1, 0.15) is 11.5 Å². The van der Waals surface area contributed by atoms with Crippen LogP contribution >= 0.6 is 15.9 Å². The number of hydrogen-bond acceptors (Lipinski definition) is 10. The van der Waals surface area contributed by atoms with Crippen molar-refractivity contribution in [2.45, 2.75) is 38.9 Å². The summed E-state index contributed by atoms with van der Waals surface area (Å²) >= 11 is 3.28. The number of aromatic nitrogens is 2. The molecule has 0 aliphatic carbocycles. The fourth-order valence-corrected chi connectivity index (χ4v) is 4.39. The summed E-state index contributed by atoms with van der Waals surface area (Å²) in [5, 5.41) is 6.61. The van der Waals surface area contributed by atoms with Crippen molar-refractivity contribution in [3.05, 3.63) is 75.9 Å². The van der Waals surface area contributed by atoms with E-state index in [4.69, 9.17) is 18.8 Å². The summed E-state index contributed by atoms with van der Waals surface area (Å²) in [6.45, 7) is 8.97. The van der Waals surface area contributed by atoms with Crippen LogP contribution in [0.2, 0.25) is 0 Å². The van der Waals surface area contributed by atoms with Gasteiger partial charge in [-0.3, -0.25) is 10.1 Å². The number of halogens is 1. The van der Waals surface area contributed by atoms with E-state index in [1.807, 2.05) is 12.3 Å². The minimum absolute atomic E-state index is 0.244. The van der Waals surface area contributed by atoms with E-state index in [-0.39, 0.29) is 30.3 Å². The van der Waals surface area contributed by atoms with Crippen LogP contribution in [0.3, 0.4) is 0 Å². The summed E-state index contributed by atoms with van der Waals surface area (Å²) in [7, 11) is 5.54. The van der Waals surface area contributed by atoms with Gasteiger partial charge in [-0.05, 0) is 85.5 Å². The van der Waals surface area contributed by atoms with Crippen molar-refractivity contribution in [2.75, 3.05) is 35.0 Å². The second-order valence-corrected chi connectivity index (χ2v) is 11.4. The van der Waals surface area contributed by atoms with Gasteiger partial charge in [0.05, 0.1) is 68.0 Å². The van der Waals surface area contributed by atoms with Crippen LogP contribution in [0.1, 0.15) is 48.4 Å².